The summed E-state index contributed by atoms with van der Waals surface area (Å²) in [6.07, 6.45) is 4.78. The fourth-order valence-corrected chi connectivity index (χ4v) is 5.87. The Morgan fingerprint density at radius 2 is 1.53 bits per heavy atom. The Bertz CT molecular complexity index is 1470. The molecule has 0 amide bonds. The van der Waals surface area contributed by atoms with E-state index in [9.17, 15) is 4.79 Å². The number of nitrogens with zero attached hydrogens (tertiary/aromatic N) is 2. The summed E-state index contributed by atoms with van der Waals surface area (Å²) in [6.45, 7) is 4.72. The molecule has 6 nitrogen and oxygen atoms in total. The standard InChI is InChI=1S/C32H34N2O4/c1-36-25-11-6-22-14-17-34-29-21-26(37-2)12-13-27(29)30(31(34)28(22)20-25)32(35)23-7-9-24(10-8-23)38-19-18-33-15-4-3-5-16-33/h6-13,20-21H,3-5,14-19H2,1-2H3. The summed E-state index contributed by atoms with van der Waals surface area (Å²) in [6, 6.07) is 19.7. The number of carbonyl (C=O) groups excluding carboxylic acids is 1. The van der Waals surface area contributed by atoms with Gasteiger partial charge in [-0.25, -0.2) is 0 Å². The van der Waals surface area contributed by atoms with Crippen molar-refractivity contribution in [3.63, 3.8) is 0 Å². The summed E-state index contributed by atoms with van der Waals surface area (Å²) >= 11 is 0. The zero-order valence-corrected chi connectivity index (χ0v) is 22.2. The maximum Gasteiger partial charge on any atom is 0.195 e. The molecule has 0 aliphatic carbocycles. The van der Waals surface area contributed by atoms with Gasteiger partial charge < -0.3 is 18.8 Å². The van der Waals surface area contributed by atoms with Gasteiger partial charge in [-0.1, -0.05) is 12.5 Å². The molecule has 2 aliphatic heterocycles. The molecule has 38 heavy (non-hydrogen) atoms. The van der Waals surface area contributed by atoms with Gasteiger partial charge >= 0.3 is 0 Å². The van der Waals surface area contributed by atoms with Gasteiger partial charge in [-0.05, 0) is 86.4 Å². The maximum atomic E-state index is 14.1. The van der Waals surface area contributed by atoms with Crippen LogP contribution in [-0.4, -0.2) is 55.7 Å². The van der Waals surface area contributed by atoms with Crippen LogP contribution >= 0.6 is 0 Å². The van der Waals surface area contributed by atoms with Crippen LogP contribution in [0.25, 0.3) is 22.2 Å². The molecular weight excluding hydrogens is 476 g/mol. The Morgan fingerprint density at radius 3 is 2.29 bits per heavy atom. The number of likely N-dealkylation sites (tertiary alicyclic amines) is 1. The number of hydrogen-bond donors (Lipinski definition) is 0. The molecule has 2 aliphatic rings. The number of hydrogen-bond acceptors (Lipinski definition) is 5. The van der Waals surface area contributed by atoms with E-state index in [1.807, 2.05) is 54.6 Å². The molecule has 0 unspecified atom stereocenters. The summed E-state index contributed by atoms with van der Waals surface area (Å²) in [7, 11) is 3.34. The number of aryl methyl sites for hydroxylation is 2. The molecule has 6 heteroatoms. The third-order valence-corrected chi connectivity index (χ3v) is 7.92. The van der Waals surface area contributed by atoms with Gasteiger partial charge in [0.05, 0.1) is 31.0 Å². The summed E-state index contributed by atoms with van der Waals surface area (Å²) < 4.78 is 19.3. The highest BCUT2D eigenvalue weighted by Crippen LogP contribution is 2.42. The number of aromatic nitrogens is 1. The Hall–Kier alpha value is -3.77. The number of methoxy groups -OCH3 is 2. The molecule has 0 N–H and O–H groups in total. The first-order chi connectivity index (χ1) is 18.7. The predicted octanol–water partition coefficient (Wildman–Crippen LogP) is 5.98. The molecule has 196 valence electrons. The Kier molecular flexibility index (Phi) is 6.81. The third kappa shape index (κ3) is 4.54. The van der Waals surface area contributed by atoms with Gasteiger partial charge in [-0.3, -0.25) is 9.69 Å². The fraction of sp³-hybridized carbons (Fsp3) is 0.344. The van der Waals surface area contributed by atoms with Crippen LogP contribution in [0.3, 0.4) is 0 Å². The van der Waals surface area contributed by atoms with E-state index in [-0.39, 0.29) is 5.78 Å². The highest BCUT2D eigenvalue weighted by Gasteiger charge is 2.29. The zero-order chi connectivity index (χ0) is 26.1. The van der Waals surface area contributed by atoms with Crippen molar-refractivity contribution in [1.82, 2.24) is 9.47 Å². The molecule has 0 atom stereocenters. The van der Waals surface area contributed by atoms with Gasteiger partial charge in [0.15, 0.2) is 5.78 Å². The van der Waals surface area contributed by atoms with Crippen molar-refractivity contribution in [2.24, 2.45) is 0 Å². The van der Waals surface area contributed by atoms with Gasteiger partial charge in [0.2, 0.25) is 0 Å². The van der Waals surface area contributed by atoms with Crippen LogP contribution in [0.4, 0.5) is 0 Å². The van der Waals surface area contributed by atoms with E-state index in [1.54, 1.807) is 14.2 Å². The van der Waals surface area contributed by atoms with Crippen LogP contribution in [0.15, 0.2) is 60.7 Å². The minimum absolute atomic E-state index is 0.00412. The minimum atomic E-state index is 0.00412. The average molecular weight is 511 g/mol. The lowest BCUT2D eigenvalue weighted by Crippen LogP contribution is -2.33. The topological polar surface area (TPSA) is 52.9 Å². The van der Waals surface area contributed by atoms with Crippen LogP contribution in [-0.2, 0) is 13.0 Å². The van der Waals surface area contributed by atoms with E-state index in [4.69, 9.17) is 14.2 Å². The van der Waals surface area contributed by atoms with Crippen molar-refractivity contribution in [1.29, 1.82) is 0 Å². The lowest BCUT2D eigenvalue weighted by molar-refractivity contribution is 0.104. The number of ketones is 1. The molecule has 0 radical (unpaired) electrons. The number of rotatable bonds is 8. The predicted molar refractivity (Wildman–Crippen MR) is 150 cm³/mol. The number of piperidine rings is 1. The quantitative estimate of drug-likeness (QED) is 0.273. The molecule has 4 aromatic rings. The van der Waals surface area contributed by atoms with Crippen LogP contribution in [0.1, 0.15) is 40.7 Å². The zero-order valence-electron chi connectivity index (χ0n) is 22.2. The maximum absolute atomic E-state index is 14.1. The Labute approximate surface area is 223 Å². The van der Waals surface area contributed by atoms with E-state index >= 15 is 0 Å². The summed E-state index contributed by atoms with van der Waals surface area (Å²) in [5.74, 6) is 2.36. The second-order valence-corrected chi connectivity index (χ2v) is 10.1. The molecule has 1 fully saturated rings. The summed E-state index contributed by atoms with van der Waals surface area (Å²) in [5, 5.41) is 0.934. The lowest BCUT2D eigenvalue weighted by atomic mass is 9.92. The first-order valence-corrected chi connectivity index (χ1v) is 13.5. The van der Waals surface area contributed by atoms with Crippen molar-refractivity contribution in [3.8, 4) is 28.5 Å². The normalized spacial score (nSPS) is 15.1. The molecule has 1 saturated heterocycles. The third-order valence-electron chi connectivity index (χ3n) is 7.92. The van der Waals surface area contributed by atoms with Crippen molar-refractivity contribution < 1.29 is 19.0 Å². The number of carbonyl (C=O) groups is 1. The van der Waals surface area contributed by atoms with Crippen molar-refractivity contribution in [2.75, 3.05) is 40.5 Å². The smallest absolute Gasteiger partial charge is 0.195 e. The molecule has 0 spiro atoms. The SMILES string of the molecule is COc1ccc2c(c1)-c1c(C(=O)c3ccc(OCCN4CCCCC4)cc3)c3ccc(OC)cc3n1CC2. The second-order valence-electron chi connectivity index (χ2n) is 10.1. The van der Waals surface area contributed by atoms with E-state index < -0.39 is 0 Å². The van der Waals surface area contributed by atoms with E-state index in [0.717, 1.165) is 77.6 Å². The largest absolute Gasteiger partial charge is 0.497 e. The monoisotopic (exact) mass is 510 g/mol. The first-order valence-electron chi connectivity index (χ1n) is 13.5. The highest BCUT2D eigenvalue weighted by atomic mass is 16.5. The van der Waals surface area contributed by atoms with Gasteiger partial charge in [0.25, 0.3) is 0 Å². The first kappa shape index (κ1) is 24.6. The van der Waals surface area contributed by atoms with Crippen molar-refractivity contribution >= 4 is 16.7 Å². The molecule has 6 rings (SSSR count). The second kappa shape index (κ2) is 10.5. The minimum Gasteiger partial charge on any atom is -0.497 e. The lowest BCUT2D eigenvalue weighted by Gasteiger charge is -2.26. The van der Waals surface area contributed by atoms with Crippen molar-refractivity contribution in [2.45, 2.75) is 32.2 Å². The van der Waals surface area contributed by atoms with Crippen LogP contribution < -0.4 is 14.2 Å². The molecule has 1 aromatic heterocycles. The Morgan fingerprint density at radius 1 is 0.816 bits per heavy atom. The number of ether oxygens (including phenoxy) is 3. The van der Waals surface area contributed by atoms with Gasteiger partial charge in [0, 0.05) is 35.7 Å². The van der Waals surface area contributed by atoms with E-state index in [0.29, 0.717) is 12.2 Å². The average Bonchev–Trinajstić information content (AvgIpc) is 3.31. The van der Waals surface area contributed by atoms with Crippen LogP contribution in [0.5, 0.6) is 17.2 Å². The fourth-order valence-electron chi connectivity index (χ4n) is 5.87. The number of benzene rings is 3. The van der Waals surface area contributed by atoms with E-state index in [1.165, 1.54) is 24.8 Å². The molecular formula is C32H34N2O4. The van der Waals surface area contributed by atoms with Gasteiger partial charge in [0.1, 0.15) is 23.9 Å². The summed E-state index contributed by atoms with van der Waals surface area (Å²) in [4.78, 5) is 16.6. The molecule has 0 bridgehead atoms. The van der Waals surface area contributed by atoms with E-state index in [2.05, 4.69) is 15.5 Å². The van der Waals surface area contributed by atoms with Crippen LogP contribution in [0.2, 0.25) is 0 Å². The molecule has 0 saturated carbocycles. The Balaban J connectivity index is 1.34. The summed E-state index contributed by atoms with van der Waals surface area (Å²) in [5.41, 5.74) is 5.59. The highest BCUT2D eigenvalue weighted by molar-refractivity contribution is 6.21. The van der Waals surface area contributed by atoms with Crippen molar-refractivity contribution in [3.05, 3.63) is 77.4 Å². The van der Waals surface area contributed by atoms with Gasteiger partial charge in [-0.2, -0.15) is 0 Å². The molecule has 3 heterocycles. The van der Waals surface area contributed by atoms with Crippen LogP contribution in [0, 0.1) is 0 Å². The van der Waals surface area contributed by atoms with Gasteiger partial charge in [-0.15, -0.1) is 0 Å². The number of fused-ring (bicyclic) bond motifs is 5. The molecule has 3 aromatic carbocycles.